The Morgan fingerprint density at radius 1 is 1.11 bits per heavy atom. The molecule has 1 aromatic rings. The number of ether oxygens (including phenoxy) is 1. The molecule has 1 saturated heterocycles. The monoisotopic (exact) mass is 260 g/mol. The summed E-state index contributed by atoms with van der Waals surface area (Å²) in [6.45, 7) is 6.47. The van der Waals surface area contributed by atoms with Crippen LogP contribution in [0.4, 0.5) is 0 Å². The van der Waals surface area contributed by atoms with Crippen LogP contribution in [0.5, 0.6) is 5.75 Å². The van der Waals surface area contributed by atoms with Crippen molar-refractivity contribution in [2.45, 2.75) is 32.2 Å². The maximum atomic E-state index is 5.91. The van der Waals surface area contributed by atoms with Gasteiger partial charge in [0, 0.05) is 13.1 Å². The lowest BCUT2D eigenvalue weighted by Crippen LogP contribution is -2.33. The van der Waals surface area contributed by atoms with Crippen LogP contribution in [-0.2, 0) is 13.0 Å². The molecule has 1 fully saturated rings. The fourth-order valence-corrected chi connectivity index (χ4v) is 3.02. The number of nitrogens with zero attached hydrogens (tertiary/aromatic N) is 1. The highest BCUT2D eigenvalue weighted by Crippen LogP contribution is 2.20. The minimum Gasteiger partial charge on any atom is -0.492 e. The highest BCUT2D eigenvalue weighted by molar-refractivity contribution is 5.37. The van der Waals surface area contributed by atoms with Crippen molar-refractivity contribution in [2.75, 3.05) is 32.8 Å². The molecular formula is C16H24N2O. The molecule has 3 rings (SSSR count). The van der Waals surface area contributed by atoms with E-state index >= 15 is 0 Å². The summed E-state index contributed by atoms with van der Waals surface area (Å²) >= 11 is 0. The predicted molar refractivity (Wildman–Crippen MR) is 77.6 cm³/mol. The Kier molecular flexibility index (Phi) is 4.36. The third-order valence-corrected chi connectivity index (χ3v) is 4.19. The number of benzene rings is 1. The van der Waals surface area contributed by atoms with Gasteiger partial charge >= 0.3 is 0 Å². The third kappa shape index (κ3) is 3.48. The van der Waals surface area contributed by atoms with E-state index < -0.39 is 0 Å². The van der Waals surface area contributed by atoms with Crippen molar-refractivity contribution >= 4 is 0 Å². The zero-order valence-electron chi connectivity index (χ0n) is 11.7. The summed E-state index contributed by atoms with van der Waals surface area (Å²) < 4.78 is 5.91. The molecule has 3 nitrogen and oxygen atoms in total. The topological polar surface area (TPSA) is 24.5 Å². The number of piperidine rings is 1. The summed E-state index contributed by atoms with van der Waals surface area (Å²) in [4.78, 5) is 2.52. The van der Waals surface area contributed by atoms with Crippen molar-refractivity contribution in [3.8, 4) is 5.75 Å². The van der Waals surface area contributed by atoms with Gasteiger partial charge in [-0.1, -0.05) is 12.5 Å². The average molecular weight is 260 g/mol. The highest BCUT2D eigenvalue weighted by atomic mass is 16.5. The van der Waals surface area contributed by atoms with E-state index in [2.05, 4.69) is 28.4 Å². The van der Waals surface area contributed by atoms with Gasteiger partial charge in [-0.05, 0) is 62.2 Å². The lowest BCUT2D eigenvalue weighted by molar-refractivity contribution is 0.183. The maximum Gasteiger partial charge on any atom is 0.119 e. The van der Waals surface area contributed by atoms with E-state index in [1.54, 1.807) is 0 Å². The zero-order chi connectivity index (χ0) is 12.9. The molecule has 0 aromatic heterocycles. The van der Waals surface area contributed by atoms with Crippen molar-refractivity contribution in [1.82, 2.24) is 10.2 Å². The maximum absolute atomic E-state index is 5.91. The summed E-state index contributed by atoms with van der Waals surface area (Å²) in [7, 11) is 0. The van der Waals surface area contributed by atoms with Gasteiger partial charge in [0.2, 0.25) is 0 Å². The van der Waals surface area contributed by atoms with Gasteiger partial charge in [0.25, 0.3) is 0 Å². The molecule has 19 heavy (non-hydrogen) atoms. The van der Waals surface area contributed by atoms with Crippen LogP contribution >= 0.6 is 0 Å². The van der Waals surface area contributed by atoms with Gasteiger partial charge in [0.1, 0.15) is 12.4 Å². The van der Waals surface area contributed by atoms with Gasteiger partial charge in [-0.2, -0.15) is 0 Å². The average Bonchev–Trinajstić information content (AvgIpc) is 2.48. The quantitative estimate of drug-likeness (QED) is 0.898. The summed E-state index contributed by atoms with van der Waals surface area (Å²) in [6, 6.07) is 6.55. The summed E-state index contributed by atoms with van der Waals surface area (Å²) in [5.74, 6) is 1.04. The molecule has 2 heterocycles. The number of rotatable bonds is 4. The van der Waals surface area contributed by atoms with Gasteiger partial charge in [0.05, 0.1) is 0 Å². The first-order chi connectivity index (χ1) is 9.42. The van der Waals surface area contributed by atoms with Crippen molar-refractivity contribution in [1.29, 1.82) is 0 Å². The number of nitrogens with one attached hydrogen (secondary N) is 1. The van der Waals surface area contributed by atoms with Gasteiger partial charge in [-0.3, -0.25) is 4.90 Å². The molecule has 1 N–H and O–H groups in total. The fourth-order valence-electron chi connectivity index (χ4n) is 3.02. The van der Waals surface area contributed by atoms with Crippen molar-refractivity contribution in [3.05, 3.63) is 29.3 Å². The van der Waals surface area contributed by atoms with Crippen LogP contribution in [0.15, 0.2) is 18.2 Å². The van der Waals surface area contributed by atoms with Crippen LogP contribution in [0, 0.1) is 0 Å². The normalized spacial score (nSPS) is 20.0. The number of hydrogen-bond acceptors (Lipinski definition) is 3. The summed E-state index contributed by atoms with van der Waals surface area (Å²) in [5.41, 5.74) is 2.88. The standard InChI is InChI=1S/C16H24N2O/c1-2-8-18(9-3-1)10-11-19-16-5-4-15-13-17-7-6-14(15)12-16/h4-5,12,17H,1-3,6-11,13H2. The third-order valence-electron chi connectivity index (χ3n) is 4.19. The number of hydrogen-bond donors (Lipinski definition) is 1. The largest absolute Gasteiger partial charge is 0.492 e. The predicted octanol–water partition coefficient (Wildman–Crippen LogP) is 2.20. The lowest BCUT2D eigenvalue weighted by Gasteiger charge is -2.26. The molecule has 0 bridgehead atoms. The minimum absolute atomic E-state index is 0.817. The molecule has 0 unspecified atom stereocenters. The molecule has 0 spiro atoms. The van der Waals surface area contributed by atoms with E-state index in [-0.39, 0.29) is 0 Å². The Morgan fingerprint density at radius 3 is 2.89 bits per heavy atom. The molecule has 0 radical (unpaired) electrons. The molecule has 1 aromatic carbocycles. The second kappa shape index (κ2) is 6.40. The molecule has 2 aliphatic heterocycles. The smallest absolute Gasteiger partial charge is 0.119 e. The van der Waals surface area contributed by atoms with E-state index in [0.29, 0.717) is 0 Å². The van der Waals surface area contributed by atoms with Gasteiger partial charge in [-0.15, -0.1) is 0 Å². The molecule has 3 heteroatoms. The molecular weight excluding hydrogens is 236 g/mol. The Balaban J connectivity index is 1.49. The van der Waals surface area contributed by atoms with Gasteiger partial charge < -0.3 is 10.1 Å². The zero-order valence-corrected chi connectivity index (χ0v) is 11.7. The molecule has 0 atom stereocenters. The second-order valence-electron chi connectivity index (χ2n) is 5.61. The van der Waals surface area contributed by atoms with Crippen molar-refractivity contribution in [2.24, 2.45) is 0 Å². The highest BCUT2D eigenvalue weighted by Gasteiger charge is 2.11. The molecule has 0 aliphatic carbocycles. The molecule has 104 valence electrons. The van der Waals surface area contributed by atoms with Crippen LogP contribution < -0.4 is 10.1 Å². The Labute approximate surface area is 115 Å². The molecule has 0 amide bonds. The van der Waals surface area contributed by atoms with Crippen molar-refractivity contribution < 1.29 is 4.74 Å². The lowest BCUT2D eigenvalue weighted by atomic mass is 10.0. The Bertz CT molecular complexity index is 413. The van der Waals surface area contributed by atoms with E-state index in [4.69, 9.17) is 4.74 Å². The van der Waals surface area contributed by atoms with Gasteiger partial charge in [-0.25, -0.2) is 0 Å². The van der Waals surface area contributed by atoms with Crippen LogP contribution in [-0.4, -0.2) is 37.7 Å². The van der Waals surface area contributed by atoms with E-state index in [1.165, 1.54) is 43.5 Å². The fraction of sp³-hybridized carbons (Fsp3) is 0.625. The van der Waals surface area contributed by atoms with E-state index in [0.717, 1.165) is 38.4 Å². The van der Waals surface area contributed by atoms with E-state index in [1.807, 2.05) is 0 Å². The van der Waals surface area contributed by atoms with Crippen LogP contribution in [0.1, 0.15) is 30.4 Å². The van der Waals surface area contributed by atoms with Crippen LogP contribution in [0.2, 0.25) is 0 Å². The first kappa shape index (κ1) is 12.9. The first-order valence-corrected chi connectivity index (χ1v) is 7.59. The van der Waals surface area contributed by atoms with Crippen LogP contribution in [0.25, 0.3) is 0 Å². The van der Waals surface area contributed by atoms with E-state index in [9.17, 15) is 0 Å². The summed E-state index contributed by atoms with van der Waals surface area (Å²) in [6.07, 6.45) is 5.23. The SMILES string of the molecule is c1cc2c(cc1OCCN1CCCCC1)CCNC2. The second-order valence-corrected chi connectivity index (χ2v) is 5.61. The van der Waals surface area contributed by atoms with Gasteiger partial charge in [0.15, 0.2) is 0 Å². The molecule has 0 saturated carbocycles. The Hall–Kier alpha value is -1.06. The Morgan fingerprint density at radius 2 is 2.00 bits per heavy atom. The molecule has 2 aliphatic rings. The number of likely N-dealkylation sites (tertiary alicyclic amines) is 1. The number of fused-ring (bicyclic) bond motifs is 1. The first-order valence-electron chi connectivity index (χ1n) is 7.59. The van der Waals surface area contributed by atoms with Crippen molar-refractivity contribution in [3.63, 3.8) is 0 Å². The minimum atomic E-state index is 0.817. The summed E-state index contributed by atoms with van der Waals surface area (Å²) in [5, 5.41) is 3.40. The van der Waals surface area contributed by atoms with Crippen LogP contribution in [0.3, 0.4) is 0 Å².